The zero-order chi connectivity index (χ0) is 14.5. The molecule has 0 fully saturated rings. The number of nitrogens with zero attached hydrogens (tertiary/aromatic N) is 1. The van der Waals surface area contributed by atoms with Gasteiger partial charge < -0.3 is 4.89 Å². The van der Waals surface area contributed by atoms with Crippen molar-refractivity contribution in [3.05, 3.63) is 57.6 Å². The predicted octanol–water partition coefficient (Wildman–Crippen LogP) is 4.76. The van der Waals surface area contributed by atoms with E-state index in [2.05, 4.69) is 20.9 Å². The third-order valence-corrected chi connectivity index (χ3v) is 3.57. The molecule has 0 radical (unpaired) electrons. The molecule has 0 amide bonds. The summed E-state index contributed by atoms with van der Waals surface area (Å²) in [6.07, 6.45) is 1.79. The molecule has 0 aliphatic rings. The lowest BCUT2D eigenvalue weighted by Crippen LogP contribution is -1.97. The maximum atomic E-state index is 5.21. The number of halogens is 1. The van der Waals surface area contributed by atoms with Crippen LogP contribution in [0.2, 0.25) is 0 Å². The maximum Gasteiger partial charge on any atom is 0.177 e. The Morgan fingerprint density at radius 3 is 2.45 bits per heavy atom. The van der Waals surface area contributed by atoms with Crippen LogP contribution in [0.5, 0.6) is 5.75 Å². The van der Waals surface area contributed by atoms with Gasteiger partial charge in [-0.1, -0.05) is 24.3 Å². The molecule has 0 heterocycles. The van der Waals surface area contributed by atoms with Gasteiger partial charge >= 0.3 is 0 Å². The number of hydrogen-bond donors (Lipinski definition) is 0. The summed E-state index contributed by atoms with van der Waals surface area (Å²) in [5.41, 5.74) is 3.90. The van der Waals surface area contributed by atoms with E-state index < -0.39 is 0 Å². The molecule has 3 nitrogen and oxygen atoms in total. The highest BCUT2D eigenvalue weighted by atomic mass is 79.9. The van der Waals surface area contributed by atoms with Crippen LogP contribution < -0.4 is 4.89 Å². The summed E-state index contributed by atoms with van der Waals surface area (Å²) in [6, 6.07) is 11.9. The van der Waals surface area contributed by atoms with Gasteiger partial charge in [-0.25, -0.2) is 0 Å². The molecule has 0 spiro atoms. The monoisotopic (exact) mass is 333 g/mol. The Morgan fingerprint density at radius 2 is 1.75 bits per heavy atom. The minimum atomic E-state index is 0.684. The highest BCUT2D eigenvalue weighted by Crippen LogP contribution is 2.29. The summed E-state index contributed by atoms with van der Waals surface area (Å²) in [5, 5.41) is 0. The number of aliphatic imine (C=N–C) groups is 1. The fourth-order valence-corrected chi connectivity index (χ4v) is 2.46. The molecule has 0 bridgehead atoms. The van der Waals surface area contributed by atoms with Gasteiger partial charge in [0.05, 0.1) is 12.8 Å². The second-order valence-corrected chi connectivity index (χ2v) is 5.26. The Balaban J connectivity index is 2.39. The van der Waals surface area contributed by atoms with Gasteiger partial charge in [-0.15, -0.1) is 0 Å². The molecule has 2 rings (SSSR count). The van der Waals surface area contributed by atoms with Crippen LogP contribution in [0.3, 0.4) is 0 Å². The van der Waals surface area contributed by atoms with Crippen molar-refractivity contribution >= 4 is 27.8 Å². The van der Waals surface area contributed by atoms with Crippen LogP contribution >= 0.6 is 15.9 Å². The van der Waals surface area contributed by atoms with Gasteiger partial charge in [0.25, 0.3) is 0 Å². The van der Waals surface area contributed by atoms with Crippen LogP contribution in [0.15, 0.2) is 45.9 Å². The van der Waals surface area contributed by atoms with Crippen molar-refractivity contribution < 1.29 is 9.78 Å². The Hall–Kier alpha value is -1.65. The summed E-state index contributed by atoms with van der Waals surface area (Å²) in [5.74, 6) is 0.684. The van der Waals surface area contributed by atoms with E-state index in [1.54, 1.807) is 6.21 Å². The van der Waals surface area contributed by atoms with Crippen LogP contribution in [-0.4, -0.2) is 13.3 Å². The molecule has 2 aromatic carbocycles. The number of aryl methyl sites for hydroxylation is 2. The molecule has 20 heavy (non-hydrogen) atoms. The lowest BCUT2D eigenvalue weighted by Gasteiger charge is -2.08. The van der Waals surface area contributed by atoms with Gasteiger partial charge in [-0.05, 0) is 53.0 Å². The van der Waals surface area contributed by atoms with Crippen LogP contribution in [0.1, 0.15) is 16.7 Å². The van der Waals surface area contributed by atoms with Crippen molar-refractivity contribution in [2.45, 2.75) is 13.8 Å². The predicted molar refractivity (Wildman–Crippen MR) is 84.9 cm³/mol. The van der Waals surface area contributed by atoms with Crippen molar-refractivity contribution in [2.75, 3.05) is 7.11 Å². The number of para-hydroxylation sites is 2. The molecule has 0 aliphatic heterocycles. The maximum absolute atomic E-state index is 5.21. The number of rotatable bonds is 4. The molecular weight excluding hydrogens is 318 g/mol. The summed E-state index contributed by atoms with van der Waals surface area (Å²) in [7, 11) is 1.49. The Morgan fingerprint density at radius 1 is 1.05 bits per heavy atom. The Bertz CT molecular complexity index is 618. The molecule has 2 aromatic rings. The lowest BCUT2D eigenvalue weighted by molar-refractivity contribution is -0.178. The summed E-state index contributed by atoms with van der Waals surface area (Å²) >= 11 is 3.51. The Kier molecular flexibility index (Phi) is 4.93. The van der Waals surface area contributed by atoms with Crippen molar-refractivity contribution in [1.29, 1.82) is 0 Å². The molecule has 0 unspecified atom stereocenters. The van der Waals surface area contributed by atoms with Crippen molar-refractivity contribution in [3.8, 4) is 5.75 Å². The van der Waals surface area contributed by atoms with Crippen LogP contribution in [0.4, 0.5) is 5.69 Å². The molecule has 104 valence electrons. The van der Waals surface area contributed by atoms with Crippen molar-refractivity contribution in [3.63, 3.8) is 0 Å². The largest absolute Gasteiger partial charge is 0.337 e. The zero-order valence-corrected chi connectivity index (χ0v) is 13.3. The third kappa shape index (κ3) is 3.26. The summed E-state index contributed by atoms with van der Waals surface area (Å²) in [4.78, 5) is 14.5. The summed E-state index contributed by atoms with van der Waals surface area (Å²) in [6.45, 7) is 4.00. The standard InChI is InChI=1S/C16H16BrNO2/c1-11-6-5-9-14(17)15(11)18-10-13-8-4-7-12(2)16(13)20-19-3/h4-10H,1-3H3. The van der Waals surface area contributed by atoms with E-state index in [-0.39, 0.29) is 0 Å². The molecule has 0 saturated heterocycles. The third-order valence-electron chi connectivity index (χ3n) is 2.93. The van der Waals surface area contributed by atoms with Gasteiger partial charge in [0.2, 0.25) is 0 Å². The quantitative estimate of drug-likeness (QED) is 0.459. The SMILES string of the molecule is COOc1c(C)cccc1C=Nc1c(C)cccc1Br. The fourth-order valence-electron chi connectivity index (χ4n) is 1.89. The lowest BCUT2D eigenvalue weighted by atomic mass is 10.1. The highest BCUT2D eigenvalue weighted by Gasteiger charge is 2.07. The minimum absolute atomic E-state index is 0.684. The molecule has 0 N–H and O–H groups in total. The first kappa shape index (κ1) is 14.8. The zero-order valence-electron chi connectivity index (χ0n) is 11.7. The van der Waals surface area contributed by atoms with Crippen LogP contribution in [0, 0.1) is 13.8 Å². The van der Waals surface area contributed by atoms with Crippen molar-refractivity contribution in [2.24, 2.45) is 4.99 Å². The second kappa shape index (κ2) is 6.68. The van der Waals surface area contributed by atoms with E-state index in [9.17, 15) is 0 Å². The van der Waals surface area contributed by atoms with E-state index in [0.717, 1.165) is 26.9 Å². The van der Waals surface area contributed by atoms with E-state index >= 15 is 0 Å². The fraction of sp³-hybridized carbons (Fsp3) is 0.188. The van der Waals surface area contributed by atoms with E-state index in [4.69, 9.17) is 9.78 Å². The van der Waals surface area contributed by atoms with E-state index in [0.29, 0.717) is 5.75 Å². The smallest absolute Gasteiger partial charge is 0.177 e. The first-order valence-electron chi connectivity index (χ1n) is 6.23. The van der Waals surface area contributed by atoms with Crippen LogP contribution in [-0.2, 0) is 4.89 Å². The highest BCUT2D eigenvalue weighted by molar-refractivity contribution is 9.10. The first-order valence-corrected chi connectivity index (χ1v) is 7.02. The first-order chi connectivity index (χ1) is 9.63. The second-order valence-electron chi connectivity index (χ2n) is 4.41. The van der Waals surface area contributed by atoms with E-state index in [1.165, 1.54) is 7.11 Å². The number of benzene rings is 2. The normalized spacial score (nSPS) is 11.0. The minimum Gasteiger partial charge on any atom is -0.337 e. The topological polar surface area (TPSA) is 30.8 Å². The molecule has 0 aliphatic carbocycles. The van der Waals surface area contributed by atoms with Gasteiger partial charge in [0.1, 0.15) is 0 Å². The van der Waals surface area contributed by atoms with E-state index in [1.807, 2.05) is 50.2 Å². The van der Waals surface area contributed by atoms with Gasteiger partial charge in [-0.3, -0.25) is 4.99 Å². The average molecular weight is 334 g/mol. The molecular formula is C16H16BrNO2. The number of hydrogen-bond acceptors (Lipinski definition) is 3. The van der Waals surface area contributed by atoms with Crippen molar-refractivity contribution in [1.82, 2.24) is 0 Å². The van der Waals surface area contributed by atoms with Gasteiger partial charge in [0.15, 0.2) is 5.75 Å². The molecule has 0 saturated carbocycles. The van der Waals surface area contributed by atoms with Crippen LogP contribution in [0.25, 0.3) is 0 Å². The van der Waals surface area contributed by atoms with Gasteiger partial charge in [-0.2, -0.15) is 4.89 Å². The summed E-state index contributed by atoms with van der Waals surface area (Å²) < 4.78 is 0.968. The molecule has 0 atom stereocenters. The molecule has 0 aromatic heterocycles. The average Bonchev–Trinajstić information content (AvgIpc) is 2.42. The molecule has 4 heteroatoms. The van der Waals surface area contributed by atoms with Gasteiger partial charge in [0, 0.05) is 16.3 Å². The Labute approximate surface area is 127 Å².